The van der Waals surface area contributed by atoms with Crippen molar-refractivity contribution in [2.45, 2.75) is 32.6 Å². The molecule has 9 nitrogen and oxygen atoms in total. The number of hydrogen-bond donors (Lipinski definition) is 0. The zero-order valence-corrected chi connectivity index (χ0v) is 19.7. The Labute approximate surface area is 202 Å². The molecule has 3 heterocycles. The minimum atomic E-state index is -1.33. The summed E-state index contributed by atoms with van der Waals surface area (Å²) < 4.78 is 21.8. The SMILES string of the molecule is COc1cc(N=C(C2C(=O)OC(C)(C)OC2=O)N2CCc3ccccc3C2)ccc1-c1cnco1. The molecule has 0 unspecified atom stereocenters. The number of carbonyl (C=O) groups is 2. The van der Waals surface area contributed by atoms with Crippen molar-refractivity contribution >= 4 is 23.5 Å². The number of ether oxygens (including phenoxy) is 3. The molecule has 1 fully saturated rings. The Kier molecular flexibility index (Phi) is 5.76. The van der Waals surface area contributed by atoms with Gasteiger partial charge < -0.3 is 23.5 Å². The monoisotopic (exact) mass is 475 g/mol. The minimum Gasteiger partial charge on any atom is -0.496 e. The molecule has 0 aliphatic carbocycles. The van der Waals surface area contributed by atoms with E-state index in [-0.39, 0.29) is 5.84 Å². The molecule has 1 aromatic heterocycles. The highest BCUT2D eigenvalue weighted by molar-refractivity contribution is 6.17. The lowest BCUT2D eigenvalue weighted by atomic mass is 9.97. The van der Waals surface area contributed by atoms with E-state index in [0.29, 0.717) is 35.9 Å². The van der Waals surface area contributed by atoms with Crippen LogP contribution in [-0.4, -0.2) is 47.1 Å². The Bertz CT molecular complexity index is 1280. The Morgan fingerprint density at radius 3 is 2.54 bits per heavy atom. The first-order valence-electron chi connectivity index (χ1n) is 11.3. The van der Waals surface area contributed by atoms with Crippen LogP contribution in [-0.2, 0) is 32.0 Å². The number of amidine groups is 1. The molecular formula is C26H25N3O6. The average molecular weight is 476 g/mol. The number of fused-ring (bicyclic) bond motifs is 1. The van der Waals surface area contributed by atoms with Gasteiger partial charge in [0.1, 0.15) is 11.6 Å². The van der Waals surface area contributed by atoms with E-state index in [1.165, 1.54) is 25.8 Å². The number of hydrogen-bond acceptors (Lipinski definition) is 8. The molecule has 2 aliphatic heterocycles. The molecule has 0 amide bonds. The quantitative estimate of drug-likeness (QED) is 0.242. The fourth-order valence-corrected chi connectivity index (χ4v) is 4.37. The number of methoxy groups -OCH3 is 1. The first-order valence-corrected chi connectivity index (χ1v) is 11.3. The molecule has 0 bridgehead atoms. The van der Waals surface area contributed by atoms with Crippen molar-refractivity contribution in [3.05, 3.63) is 66.2 Å². The van der Waals surface area contributed by atoms with Gasteiger partial charge in [0.2, 0.25) is 5.92 Å². The van der Waals surface area contributed by atoms with Crippen LogP contribution in [0.5, 0.6) is 5.75 Å². The van der Waals surface area contributed by atoms with Crippen LogP contribution >= 0.6 is 0 Å². The van der Waals surface area contributed by atoms with Gasteiger partial charge in [-0.15, -0.1) is 0 Å². The maximum Gasteiger partial charge on any atom is 0.331 e. The third-order valence-corrected chi connectivity index (χ3v) is 6.00. The highest BCUT2D eigenvalue weighted by Gasteiger charge is 2.47. The van der Waals surface area contributed by atoms with Crippen LogP contribution in [0.4, 0.5) is 5.69 Å². The second-order valence-corrected chi connectivity index (χ2v) is 8.84. The summed E-state index contributed by atoms with van der Waals surface area (Å²) in [5.41, 5.74) is 3.55. The standard InChI is InChI=1S/C26H25N3O6/c1-26(2)34-24(30)22(25(31)35-26)23(29-11-10-16-6-4-5-7-17(16)14-29)28-18-8-9-19(20(12-18)32-3)21-13-27-15-33-21/h4-9,12-13,15,22H,10-11,14H2,1-3H3. The molecule has 0 N–H and O–H groups in total. The van der Waals surface area contributed by atoms with Crippen molar-refractivity contribution in [2.75, 3.05) is 13.7 Å². The molecule has 2 aromatic carbocycles. The van der Waals surface area contributed by atoms with Gasteiger partial charge in [0.25, 0.3) is 5.79 Å². The van der Waals surface area contributed by atoms with Crippen LogP contribution < -0.4 is 4.74 Å². The summed E-state index contributed by atoms with van der Waals surface area (Å²) >= 11 is 0. The number of carbonyl (C=O) groups excluding carboxylic acids is 2. The van der Waals surface area contributed by atoms with E-state index < -0.39 is 23.6 Å². The lowest BCUT2D eigenvalue weighted by Crippen LogP contribution is -2.53. The van der Waals surface area contributed by atoms with Crippen molar-refractivity contribution in [1.29, 1.82) is 0 Å². The lowest BCUT2D eigenvalue weighted by molar-refractivity contribution is -0.236. The van der Waals surface area contributed by atoms with Gasteiger partial charge in [-0.3, -0.25) is 9.59 Å². The van der Waals surface area contributed by atoms with Crippen molar-refractivity contribution in [2.24, 2.45) is 10.9 Å². The van der Waals surface area contributed by atoms with Gasteiger partial charge in [-0.2, -0.15) is 0 Å². The fourth-order valence-electron chi connectivity index (χ4n) is 4.37. The van der Waals surface area contributed by atoms with Crippen molar-refractivity contribution in [1.82, 2.24) is 9.88 Å². The number of rotatable bonds is 4. The van der Waals surface area contributed by atoms with E-state index in [2.05, 4.69) is 11.1 Å². The first kappa shape index (κ1) is 22.6. The second kappa shape index (κ2) is 8.90. The number of nitrogens with zero attached hydrogens (tertiary/aromatic N) is 3. The van der Waals surface area contributed by atoms with Crippen LogP contribution in [0.15, 0.2) is 64.5 Å². The molecule has 1 saturated heterocycles. The van der Waals surface area contributed by atoms with Crippen molar-refractivity contribution in [3.8, 4) is 17.1 Å². The van der Waals surface area contributed by atoms with Gasteiger partial charge in [0.05, 0.1) is 24.6 Å². The average Bonchev–Trinajstić information content (AvgIpc) is 3.36. The summed E-state index contributed by atoms with van der Waals surface area (Å²) in [7, 11) is 1.54. The number of oxazole rings is 1. The minimum absolute atomic E-state index is 0.277. The lowest BCUT2D eigenvalue weighted by Gasteiger charge is -2.38. The first-order chi connectivity index (χ1) is 16.8. The van der Waals surface area contributed by atoms with E-state index in [4.69, 9.17) is 23.6 Å². The predicted octanol–water partition coefficient (Wildman–Crippen LogP) is 3.89. The van der Waals surface area contributed by atoms with Crippen LogP contribution in [0, 0.1) is 5.92 Å². The molecule has 0 atom stereocenters. The zero-order valence-electron chi connectivity index (χ0n) is 19.7. The molecule has 180 valence electrons. The largest absolute Gasteiger partial charge is 0.496 e. The number of benzene rings is 2. The van der Waals surface area contributed by atoms with Crippen LogP contribution in [0.2, 0.25) is 0 Å². The summed E-state index contributed by atoms with van der Waals surface area (Å²) in [6, 6.07) is 13.4. The van der Waals surface area contributed by atoms with Crippen molar-refractivity contribution < 1.29 is 28.2 Å². The molecule has 9 heteroatoms. The van der Waals surface area contributed by atoms with E-state index in [9.17, 15) is 9.59 Å². The fraction of sp³-hybridized carbons (Fsp3) is 0.308. The predicted molar refractivity (Wildman–Crippen MR) is 126 cm³/mol. The van der Waals surface area contributed by atoms with Gasteiger partial charge >= 0.3 is 11.9 Å². The van der Waals surface area contributed by atoms with E-state index in [1.807, 2.05) is 23.1 Å². The van der Waals surface area contributed by atoms with Gasteiger partial charge in [-0.1, -0.05) is 24.3 Å². The Balaban J connectivity index is 1.56. The molecular weight excluding hydrogens is 450 g/mol. The number of aliphatic imine (C=N–C) groups is 1. The van der Waals surface area contributed by atoms with Crippen molar-refractivity contribution in [3.63, 3.8) is 0 Å². The van der Waals surface area contributed by atoms with Gasteiger partial charge in [-0.25, -0.2) is 9.98 Å². The number of aromatic nitrogens is 1. The Hall–Kier alpha value is -4.14. The third kappa shape index (κ3) is 4.49. The molecule has 0 saturated carbocycles. The number of cyclic esters (lactones) is 2. The second-order valence-electron chi connectivity index (χ2n) is 8.84. The highest BCUT2D eigenvalue weighted by Crippen LogP contribution is 2.35. The van der Waals surface area contributed by atoms with Gasteiger partial charge in [0, 0.05) is 33.0 Å². The Morgan fingerprint density at radius 1 is 1.11 bits per heavy atom. The van der Waals surface area contributed by atoms with E-state index in [1.54, 1.807) is 31.5 Å². The summed E-state index contributed by atoms with van der Waals surface area (Å²) in [6.45, 7) is 4.15. The molecule has 35 heavy (non-hydrogen) atoms. The summed E-state index contributed by atoms with van der Waals surface area (Å²) in [5, 5.41) is 0. The zero-order chi connectivity index (χ0) is 24.6. The molecule has 0 radical (unpaired) electrons. The van der Waals surface area contributed by atoms with Crippen LogP contribution in [0.1, 0.15) is 25.0 Å². The maximum atomic E-state index is 13.0. The Morgan fingerprint density at radius 2 is 1.86 bits per heavy atom. The number of esters is 2. The van der Waals surface area contributed by atoms with Gasteiger partial charge in [0.15, 0.2) is 12.2 Å². The smallest absolute Gasteiger partial charge is 0.331 e. The van der Waals surface area contributed by atoms with Crippen LogP contribution in [0.3, 0.4) is 0 Å². The summed E-state index contributed by atoms with van der Waals surface area (Å²) in [4.78, 5) is 36.7. The van der Waals surface area contributed by atoms with E-state index in [0.717, 1.165) is 12.0 Å². The molecule has 3 aromatic rings. The third-order valence-electron chi connectivity index (χ3n) is 6.00. The maximum absolute atomic E-state index is 13.0. The normalized spacial score (nSPS) is 18.0. The van der Waals surface area contributed by atoms with E-state index >= 15 is 0 Å². The topological polar surface area (TPSA) is 103 Å². The molecule has 5 rings (SSSR count). The molecule has 2 aliphatic rings. The summed E-state index contributed by atoms with van der Waals surface area (Å²) in [5.74, 6) is -2.66. The highest BCUT2D eigenvalue weighted by atomic mass is 16.7. The van der Waals surface area contributed by atoms with Gasteiger partial charge in [-0.05, 0) is 29.7 Å². The summed E-state index contributed by atoms with van der Waals surface area (Å²) in [6.07, 6.45) is 3.69. The van der Waals surface area contributed by atoms with Crippen LogP contribution in [0.25, 0.3) is 11.3 Å². The molecule has 0 spiro atoms.